The maximum absolute atomic E-state index is 14.0. The molecule has 234 valence electrons. The molecule has 0 saturated carbocycles. The molecule has 1 atom stereocenters. The van der Waals surface area contributed by atoms with Gasteiger partial charge in [0, 0.05) is 63.0 Å². The molecule has 0 aliphatic carbocycles. The molecule has 8 nitrogen and oxygen atoms in total. The number of hydrogen-bond donors (Lipinski definition) is 3. The number of piperidine rings is 1. The van der Waals surface area contributed by atoms with E-state index in [2.05, 4.69) is 20.1 Å². The number of aromatic nitrogens is 1. The fourth-order valence-corrected chi connectivity index (χ4v) is 6.24. The predicted molar refractivity (Wildman–Crippen MR) is 159 cm³/mol. The van der Waals surface area contributed by atoms with Crippen LogP contribution in [0, 0.1) is 22.9 Å². The average molecular weight is 603 g/mol. The largest absolute Gasteiger partial charge is 0.497 e. The molecule has 2 saturated heterocycles. The minimum absolute atomic E-state index is 0.0190. The molecular formula is C32H41F3N4O4. The van der Waals surface area contributed by atoms with Gasteiger partial charge in [0.1, 0.15) is 11.6 Å². The van der Waals surface area contributed by atoms with Crippen molar-refractivity contribution in [3.05, 3.63) is 65.1 Å². The third-order valence-electron chi connectivity index (χ3n) is 8.97. The van der Waals surface area contributed by atoms with Crippen LogP contribution in [0.4, 0.5) is 18.9 Å². The second-order valence-corrected chi connectivity index (χ2v) is 11.7. The molecule has 43 heavy (non-hydrogen) atoms. The summed E-state index contributed by atoms with van der Waals surface area (Å²) in [6.07, 6.45) is 3.73. The summed E-state index contributed by atoms with van der Waals surface area (Å²) < 4.78 is 51.9. The number of benzene rings is 2. The molecule has 0 spiro atoms. The number of morpholine rings is 1. The molecule has 3 N–H and O–H groups in total. The van der Waals surface area contributed by atoms with Crippen LogP contribution in [0.2, 0.25) is 0 Å². The Balaban J connectivity index is 1.22. The lowest BCUT2D eigenvalue weighted by atomic mass is 9.74. The summed E-state index contributed by atoms with van der Waals surface area (Å²) in [7, 11) is 1.62. The van der Waals surface area contributed by atoms with Gasteiger partial charge in [-0.3, -0.25) is 9.88 Å². The molecule has 2 aliphatic rings. The molecular weight excluding hydrogens is 561 g/mol. The fraction of sp³-hybridized carbons (Fsp3) is 0.531. The van der Waals surface area contributed by atoms with Crippen molar-refractivity contribution in [2.75, 3.05) is 71.5 Å². The summed E-state index contributed by atoms with van der Waals surface area (Å²) in [5, 5.41) is 25.8. The normalized spacial score (nSPS) is 18.6. The lowest BCUT2D eigenvalue weighted by molar-refractivity contribution is 0.0239. The van der Waals surface area contributed by atoms with Gasteiger partial charge in [0.05, 0.1) is 37.6 Å². The van der Waals surface area contributed by atoms with E-state index in [1.54, 1.807) is 7.11 Å². The Hall–Kier alpha value is -2.96. The highest BCUT2D eigenvalue weighted by molar-refractivity contribution is 5.85. The smallest absolute Gasteiger partial charge is 0.182 e. The Kier molecular flexibility index (Phi) is 10.4. The molecule has 0 unspecified atom stereocenters. The van der Waals surface area contributed by atoms with Crippen molar-refractivity contribution in [1.29, 1.82) is 0 Å². The van der Waals surface area contributed by atoms with Gasteiger partial charge in [0.2, 0.25) is 0 Å². The second-order valence-electron chi connectivity index (χ2n) is 11.7. The molecule has 3 heterocycles. The highest BCUT2D eigenvalue weighted by Crippen LogP contribution is 2.40. The first-order valence-electron chi connectivity index (χ1n) is 15.0. The van der Waals surface area contributed by atoms with Crippen molar-refractivity contribution in [1.82, 2.24) is 14.8 Å². The van der Waals surface area contributed by atoms with Gasteiger partial charge in [-0.15, -0.1) is 0 Å². The van der Waals surface area contributed by atoms with Gasteiger partial charge in [-0.25, -0.2) is 13.2 Å². The first-order chi connectivity index (χ1) is 20.8. The highest BCUT2D eigenvalue weighted by atomic mass is 19.2. The molecule has 5 rings (SSSR count). The van der Waals surface area contributed by atoms with Gasteiger partial charge < -0.3 is 29.9 Å². The number of nitrogens with zero attached hydrogens (tertiary/aromatic N) is 3. The van der Waals surface area contributed by atoms with E-state index in [0.717, 1.165) is 67.1 Å². The number of hydrogen-bond acceptors (Lipinski definition) is 8. The van der Waals surface area contributed by atoms with Crippen molar-refractivity contribution in [3.63, 3.8) is 0 Å². The SMILES string of the molecule is COc1ccc2ncc(CN3CCOCC3)c([C@H](O)CCC3(CO)CCN(CCNc4cc(F)cc(F)c4F)CC3)c2c1. The van der Waals surface area contributed by atoms with E-state index in [4.69, 9.17) is 9.47 Å². The summed E-state index contributed by atoms with van der Waals surface area (Å²) in [6, 6.07) is 7.18. The molecule has 0 radical (unpaired) electrons. The zero-order chi connectivity index (χ0) is 30.4. The van der Waals surface area contributed by atoms with Gasteiger partial charge >= 0.3 is 0 Å². The Bertz CT molecular complexity index is 1380. The average Bonchev–Trinajstić information content (AvgIpc) is 3.03. The molecule has 3 aromatic rings. The van der Waals surface area contributed by atoms with Gasteiger partial charge in [-0.05, 0) is 73.5 Å². The van der Waals surface area contributed by atoms with Gasteiger partial charge in [-0.1, -0.05) is 0 Å². The first-order valence-corrected chi connectivity index (χ1v) is 15.0. The van der Waals surface area contributed by atoms with Crippen molar-refractivity contribution < 1.29 is 32.9 Å². The number of likely N-dealkylation sites (tertiary alicyclic amines) is 1. The lowest BCUT2D eigenvalue weighted by Gasteiger charge is -2.41. The number of nitrogens with one attached hydrogen (secondary N) is 1. The van der Waals surface area contributed by atoms with E-state index >= 15 is 0 Å². The molecule has 0 amide bonds. The van der Waals surface area contributed by atoms with E-state index in [0.29, 0.717) is 57.5 Å². The molecule has 11 heteroatoms. The number of anilines is 1. The molecule has 1 aromatic heterocycles. The van der Waals surface area contributed by atoms with E-state index in [1.165, 1.54) is 0 Å². The zero-order valence-corrected chi connectivity index (χ0v) is 24.6. The fourth-order valence-electron chi connectivity index (χ4n) is 6.24. The number of methoxy groups -OCH3 is 1. The van der Waals surface area contributed by atoms with E-state index in [9.17, 15) is 23.4 Å². The maximum Gasteiger partial charge on any atom is 0.182 e. The van der Waals surface area contributed by atoms with Crippen LogP contribution in [-0.2, 0) is 11.3 Å². The summed E-state index contributed by atoms with van der Waals surface area (Å²) >= 11 is 0. The zero-order valence-electron chi connectivity index (χ0n) is 24.6. The summed E-state index contributed by atoms with van der Waals surface area (Å²) in [6.45, 7) is 6.01. The van der Waals surface area contributed by atoms with Crippen molar-refractivity contribution >= 4 is 16.6 Å². The number of fused-ring (bicyclic) bond motifs is 1. The van der Waals surface area contributed by atoms with Crippen LogP contribution in [0.3, 0.4) is 0 Å². The predicted octanol–water partition coefficient (Wildman–Crippen LogP) is 4.49. The lowest BCUT2D eigenvalue weighted by Crippen LogP contribution is -2.43. The summed E-state index contributed by atoms with van der Waals surface area (Å²) in [5.74, 6) is -2.44. The minimum Gasteiger partial charge on any atom is -0.497 e. The van der Waals surface area contributed by atoms with Crippen LogP contribution in [0.15, 0.2) is 36.5 Å². The van der Waals surface area contributed by atoms with Gasteiger partial charge in [0.25, 0.3) is 0 Å². The minimum atomic E-state index is -1.22. The number of pyridine rings is 1. The number of halogens is 3. The van der Waals surface area contributed by atoms with E-state index < -0.39 is 23.6 Å². The van der Waals surface area contributed by atoms with Crippen LogP contribution in [-0.4, -0.2) is 91.2 Å². The summed E-state index contributed by atoms with van der Waals surface area (Å²) in [5.41, 5.74) is 2.11. The van der Waals surface area contributed by atoms with E-state index in [1.807, 2.05) is 24.4 Å². The monoisotopic (exact) mass is 602 g/mol. The molecule has 2 aliphatic heterocycles. The number of ether oxygens (including phenoxy) is 2. The Morgan fingerprint density at radius 3 is 2.56 bits per heavy atom. The van der Waals surface area contributed by atoms with Crippen molar-refractivity contribution in [2.24, 2.45) is 5.41 Å². The second kappa shape index (κ2) is 14.2. The van der Waals surface area contributed by atoms with Crippen LogP contribution in [0.25, 0.3) is 10.9 Å². The number of rotatable bonds is 12. The topological polar surface area (TPSA) is 90.3 Å². The molecule has 2 fully saturated rings. The third-order valence-corrected chi connectivity index (χ3v) is 8.97. The van der Waals surface area contributed by atoms with E-state index in [-0.39, 0.29) is 17.7 Å². The molecule has 0 bridgehead atoms. The maximum atomic E-state index is 14.0. The van der Waals surface area contributed by atoms with Crippen molar-refractivity contribution in [2.45, 2.75) is 38.3 Å². The Labute approximate surface area is 250 Å². The highest BCUT2D eigenvalue weighted by Gasteiger charge is 2.35. The van der Waals surface area contributed by atoms with Gasteiger partial charge in [-0.2, -0.15) is 0 Å². The Morgan fingerprint density at radius 1 is 1.07 bits per heavy atom. The standard InChI is InChI=1S/C32H41F3N4O4/c1-42-24-2-3-27-25(18-24)30(22(19-37-27)20-39-12-14-43-15-13-39)29(41)4-5-32(21-40)6-9-38(10-7-32)11-8-36-28-17-23(33)16-26(34)31(28)35/h2-3,16-19,29,36,40-41H,4-15,20-21H2,1H3/t29-/m1/s1. The van der Waals surface area contributed by atoms with Gasteiger partial charge in [0.15, 0.2) is 11.6 Å². The first kappa shape index (κ1) is 31.5. The Morgan fingerprint density at radius 2 is 1.84 bits per heavy atom. The number of aliphatic hydroxyl groups is 2. The summed E-state index contributed by atoms with van der Waals surface area (Å²) in [4.78, 5) is 9.17. The third kappa shape index (κ3) is 7.58. The van der Waals surface area contributed by atoms with Crippen LogP contribution in [0.1, 0.15) is 42.9 Å². The molecule has 2 aromatic carbocycles. The van der Waals surface area contributed by atoms with Crippen LogP contribution < -0.4 is 10.1 Å². The van der Waals surface area contributed by atoms with Crippen LogP contribution in [0.5, 0.6) is 5.75 Å². The number of aliphatic hydroxyl groups excluding tert-OH is 2. The van der Waals surface area contributed by atoms with Crippen molar-refractivity contribution in [3.8, 4) is 5.75 Å². The quantitative estimate of drug-likeness (QED) is 0.262. The van der Waals surface area contributed by atoms with Crippen LogP contribution >= 0.6 is 0 Å².